The van der Waals surface area contributed by atoms with Gasteiger partial charge in [-0.15, -0.1) is 0 Å². The summed E-state index contributed by atoms with van der Waals surface area (Å²) in [5.41, 5.74) is 0.538. The van der Waals surface area contributed by atoms with Crippen molar-refractivity contribution in [3.63, 3.8) is 0 Å². The molecule has 0 unspecified atom stereocenters. The fraction of sp³-hybridized carbons (Fsp3) is 0.182. The molecule has 100 valence electrons. The zero-order valence-electron chi connectivity index (χ0n) is 9.55. The minimum absolute atomic E-state index is 0.261. The van der Waals surface area contributed by atoms with Gasteiger partial charge in [-0.1, -0.05) is 15.9 Å². The quantitative estimate of drug-likeness (QED) is 0.654. The number of carbonyl (C=O) groups excluding carboxylic acids is 1. The first-order valence-corrected chi connectivity index (χ1v) is 5.88. The molecule has 8 heteroatoms. The van der Waals surface area contributed by atoms with Crippen LogP contribution in [0.2, 0.25) is 0 Å². The van der Waals surface area contributed by atoms with Gasteiger partial charge >= 0.3 is 12.0 Å². The number of aliphatic carboxylic acids is 1. The van der Waals surface area contributed by atoms with E-state index < -0.39 is 24.6 Å². The Morgan fingerprint density at radius 1 is 1.47 bits per heavy atom. The molecule has 2 amide bonds. The molecular weight excluding hydrogens is 318 g/mol. The minimum atomic E-state index is -1.68. The Bertz CT molecular complexity index is 541. The molecule has 1 aromatic rings. The summed E-state index contributed by atoms with van der Waals surface area (Å²) in [6, 6.07) is 5.89. The maximum atomic E-state index is 11.5. The minimum Gasteiger partial charge on any atom is -0.479 e. The number of anilines is 1. The molecule has 0 radical (unpaired) electrons. The summed E-state index contributed by atoms with van der Waals surface area (Å²) in [5, 5.41) is 30.8. The van der Waals surface area contributed by atoms with E-state index in [4.69, 9.17) is 15.5 Å². The van der Waals surface area contributed by atoms with Crippen molar-refractivity contribution in [1.82, 2.24) is 5.32 Å². The van der Waals surface area contributed by atoms with E-state index in [1.54, 1.807) is 6.07 Å². The number of hydrogen-bond donors (Lipinski definition) is 4. The first-order valence-electron chi connectivity index (χ1n) is 5.09. The van der Waals surface area contributed by atoms with Gasteiger partial charge < -0.3 is 20.8 Å². The van der Waals surface area contributed by atoms with Crippen LogP contribution in [0.1, 0.15) is 5.56 Å². The third kappa shape index (κ3) is 4.57. The zero-order chi connectivity index (χ0) is 14.4. The third-order valence-electron chi connectivity index (χ3n) is 2.09. The second-order valence-electron chi connectivity index (χ2n) is 3.49. The van der Waals surface area contributed by atoms with Gasteiger partial charge in [0.05, 0.1) is 17.8 Å². The van der Waals surface area contributed by atoms with Crippen molar-refractivity contribution in [3.8, 4) is 6.07 Å². The van der Waals surface area contributed by atoms with Crippen LogP contribution in [0, 0.1) is 11.3 Å². The van der Waals surface area contributed by atoms with E-state index in [0.29, 0.717) is 4.47 Å². The van der Waals surface area contributed by atoms with Crippen LogP contribution in [0.5, 0.6) is 0 Å². The fourth-order valence-electron chi connectivity index (χ4n) is 1.16. The Morgan fingerprint density at radius 2 is 2.16 bits per heavy atom. The van der Waals surface area contributed by atoms with Crippen LogP contribution < -0.4 is 10.6 Å². The summed E-state index contributed by atoms with van der Waals surface area (Å²) >= 11 is 3.20. The largest absolute Gasteiger partial charge is 0.479 e. The lowest BCUT2D eigenvalue weighted by Crippen LogP contribution is -2.38. The van der Waals surface area contributed by atoms with Crippen molar-refractivity contribution in [1.29, 1.82) is 5.26 Å². The van der Waals surface area contributed by atoms with Crippen LogP contribution in [0.3, 0.4) is 0 Å². The van der Waals surface area contributed by atoms with Gasteiger partial charge in [-0.3, -0.25) is 0 Å². The number of nitrogens with zero attached hydrogens (tertiary/aromatic N) is 1. The van der Waals surface area contributed by atoms with Crippen molar-refractivity contribution < 1.29 is 19.8 Å². The van der Waals surface area contributed by atoms with Gasteiger partial charge in [0, 0.05) is 4.47 Å². The molecule has 1 rings (SSSR count). The molecule has 7 nitrogen and oxygen atoms in total. The van der Waals surface area contributed by atoms with Crippen LogP contribution >= 0.6 is 15.9 Å². The first kappa shape index (κ1) is 14.9. The van der Waals surface area contributed by atoms with Crippen LogP contribution in [-0.4, -0.2) is 34.9 Å². The van der Waals surface area contributed by atoms with E-state index in [0.717, 1.165) is 0 Å². The third-order valence-corrected chi connectivity index (χ3v) is 2.58. The monoisotopic (exact) mass is 327 g/mol. The number of urea groups is 1. The first-order chi connectivity index (χ1) is 8.93. The summed E-state index contributed by atoms with van der Waals surface area (Å²) in [4.78, 5) is 21.8. The average molecular weight is 328 g/mol. The van der Waals surface area contributed by atoms with Crippen molar-refractivity contribution >= 4 is 33.6 Å². The van der Waals surface area contributed by atoms with Crippen molar-refractivity contribution in [2.45, 2.75) is 6.10 Å². The lowest BCUT2D eigenvalue weighted by atomic mass is 10.2. The molecule has 0 bridgehead atoms. The highest BCUT2D eigenvalue weighted by Crippen LogP contribution is 2.20. The Labute approximate surface area is 117 Å². The molecule has 4 N–H and O–H groups in total. The molecular formula is C11H10BrN3O4. The van der Waals surface area contributed by atoms with E-state index in [9.17, 15) is 9.59 Å². The highest BCUT2D eigenvalue weighted by atomic mass is 79.9. The predicted molar refractivity (Wildman–Crippen MR) is 69.5 cm³/mol. The number of carboxylic acid groups (broad SMARTS) is 1. The van der Waals surface area contributed by atoms with Crippen molar-refractivity contribution in [2.75, 3.05) is 11.9 Å². The topological polar surface area (TPSA) is 122 Å². The Morgan fingerprint density at radius 3 is 2.74 bits per heavy atom. The molecule has 1 aromatic carbocycles. The maximum absolute atomic E-state index is 11.5. The number of rotatable bonds is 4. The predicted octanol–water partition coefficient (Wildman–Crippen LogP) is 0.888. The molecule has 0 fully saturated rings. The standard InChI is InChI=1S/C11H10BrN3O4/c12-7-2-1-6(4-13)8(3-7)15-11(19)14-5-9(16)10(17)18/h1-3,9,16H,5H2,(H,17,18)(H2,14,15,19)/t9-/m0/s1. The van der Waals surface area contributed by atoms with Gasteiger partial charge in [0.15, 0.2) is 6.10 Å². The highest BCUT2D eigenvalue weighted by Gasteiger charge is 2.14. The summed E-state index contributed by atoms with van der Waals surface area (Å²) in [5.74, 6) is -1.43. The van der Waals surface area contributed by atoms with E-state index in [1.165, 1.54) is 12.1 Å². The van der Waals surface area contributed by atoms with Crippen LogP contribution in [0.4, 0.5) is 10.5 Å². The number of aliphatic hydroxyl groups is 1. The number of amides is 2. The van der Waals surface area contributed by atoms with Gasteiger partial charge in [-0.25, -0.2) is 9.59 Å². The summed E-state index contributed by atoms with van der Waals surface area (Å²) in [6.07, 6.45) is -1.68. The van der Waals surface area contributed by atoms with Crippen molar-refractivity contribution in [2.24, 2.45) is 0 Å². The smallest absolute Gasteiger partial charge is 0.334 e. The normalized spacial score (nSPS) is 11.2. The van der Waals surface area contributed by atoms with Crippen molar-refractivity contribution in [3.05, 3.63) is 28.2 Å². The summed E-state index contributed by atoms with van der Waals surface area (Å²) in [6.45, 7) is -0.433. The van der Waals surface area contributed by atoms with Gasteiger partial charge in [-0.05, 0) is 18.2 Å². The molecule has 0 aliphatic heterocycles. The second kappa shape index (κ2) is 6.72. The van der Waals surface area contributed by atoms with E-state index in [-0.39, 0.29) is 11.3 Å². The summed E-state index contributed by atoms with van der Waals surface area (Å²) in [7, 11) is 0. The SMILES string of the molecule is N#Cc1ccc(Br)cc1NC(=O)NC[C@H](O)C(=O)O. The Hall–Kier alpha value is -2.11. The number of benzene rings is 1. The molecule has 0 spiro atoms. The van der Waals surface area contributed by atoms with E-state index in [2.05, 4.69) is 26.6 Å². The van der Waals surface area contributed by atoms with Gasteiger partial charge in [0.25, 0.3) is 0 Å². The van der Waals surface area contributed by atoms with Gasteiger partial charge in [0.1, 0.15) is 6.07 Å². The van der Waals surface area contributed by atoms with Gasteiger partial charge in [-0.2, -0.15) is 5.26 Å². The molecule has 19 heavy (non-hydrogen) atoms. The number of carboxylic acids is 1. The fourth-order valence-corrected chi connectivity index (χ4v) is 1.52. The second-order valence-corrected chi connectivity index (χ2v) is 4.41. The maximum Gasteiger partial charge on any atom is 0.334 e. The van der Waals surface area contributed by atoms with Crippen LogP contribution in [0.15, 0.2) is 22.7 Å². The average Bonchev–Trinajstić information content (AvgIpc) is 2.36. The van der Waals surface area contributed by atoms with Crippen LogP contribution in [-0.2, 0) is 4.79 Å². The Balaban J connectivity index is 2.65. The molecule has 0 saturated heterocycles. The van der Waals surface area contributed by atoms with Crippen LogP contribution in [0.25, 0.3) is 0 Å². The highest BCUT2D eigenvalue weighted by molar-refractivity contribution is 9.10. The summed E-state index contributed by atoms with van der Waals surface area (Å²) < 4.78 is 0.673. The lowest BCUT2D eigenvalue weighted by Gasteiger charge is -2.10. The number of carbonyl (C=O) groups is 2. The number of aliphatic hydroxyl groups excluding tert-OH is 1. The molecule has 0 saturated carbocycles. The molecule has 0 heterocycles. The number of halogens is 1. The molecule has 0 aliphatic carbocycles. The van der Waals surface area contributed by atoms with E-state index in [1.807, 2.05) is 6.07 Å². The molecule has 1 atom stereocenters. The number of nitrogens with one attached hydrogen (secondary N) is 2. The number of hydrogen-bond acceptors (Lipinski definition) is 4. The molecule has 0 aliphatic rings. The number of nitriles is 1. The lowest BCUT2D eigenvalue weighted by molar-refractivity contribution is -0.146. The molecule has 0 aromatic heterocycles. The van der Waals surface area contributed by atoms with Gasteiger partial charge in [0.2, 0.25) is 0 Å². The zero-order valence-corrected chi connectivity index (χ0v) is 11.1. The van der Waals surface area contributed by atoms with E-state index >= 15 is 0 Å². The Kier molecular flexibility index (Phi) is 5.29.